The number of nitrogens with two attached hydrogens (primary N) is 1. The first-order chi connectivity index (χ1) is 17.5. The van der Waals surface area contributed by atoms with Gasteiger partial charge in [0.15, 0.2) is 0 Å². The average Bonchev–Trinajstić information content (AvgIpc) is 3.10. The molecule has 0 aromatic heterocycles. The van der Waals surface area contributed by atoms with Gasteiger partial charge in [0.2, 0.25) is 27.7 Å². The van der Waals surface area contributed by atoms with Gasteiger partial charge in [-0.2, -0.15) is 4.31 Å². The van der Waals surface area contributed by atoms with Gasteiger partial charge in [0.1, 0.15) is 5.54 Å². The molecule has 2 aromatic rings. The second kappa shape index (κ2) is 10.6. The van der Waals surface area contributed by atoms with Crippen LogP contribution in [0, 0.1) is 5.92 Å². The van der Waals surface area contributed by atoms with Gasteiger partial charge in [-0.05, 0) is 61.5 Å². The summed E-state index contributed by atoms with van der Waals surface area (Å²) in [5, 5.41) is 4.55. The number of amides is 3. The van der Waals surface area contributed by atoms with Crippen LogP contribution in [0.25, 0.3) is 10.8 Å². The van der Waals surface area contributed by atoms with Crippen LogP contribution in [0.1, 0.15) is 19.8 Å². The van der Waals surface area contributed by atoms with Gasteiger partial charge in [-0.15, -0.1) is 0 Å². The number of rotatable bonds is 7. The monoisotopic (exact) mass is 549 g/mol. The fraction of sp³-hybridized carbons (Fsp3) is 0.480. The van der Waals surface area contributed by atoms with E-state index in [0.717, 1.165) is 22.7 Å². The van der Waals surface area contributed by atoms with Crippen molar-refractivity contribution in [3.05, 3.63) is 41.4 Å². The number of nitrogens with one attached hydrogen (secondary N) is 1. The highest BCUT2D eigenvalue weighted by Gasteiger charge is 2.58. The molecule has 2 heterocycles. The molecule has 2 fully saturated rings. The molecule has 2 saturated heterocycles. The van der Waals surface area contributed by atoms with Crippen molar-refractivity contribution in [1.29, 1.82) is 0 Å². The first-order valence-electron chi connectivity index (χ1n) is 12.2. The van der Waals surface area contributed by atoms with Gasteiger partial charge in [0.05, 0.1) is 17.4 Å². The van der Waals surface area contributed by atoms with Crippen molar-refractivity contribution in [2.24, 2.45) is 11.7 Å². The summed E-state index contributed by atoms with van der Waals surface area (Å²) in [5.41, 5.74) is 3.70. The fourth-order valence-corrected chi connectivity index (χ4v) is 7.32. The Hall–Kier alpha value is -2.73. The maximum atomic E-state index is 14.1. The van der Waals surface area contributed by atoms with E-state index in [0.29, 0.717) is 30.0 Å². The molecular weight excluding hydrogens is 518 g/mol. The summed E-state index contributed by atoms with van der Waals surface area (Å²) in [4.78, 5) is 43.0. The number of fused-ring (bicyclic) bond motifs is 1. The van der Waals surface area contributed by atoms with Gasteiger partial charge >= 0.3 is 0 Å². The third kappa shape index (κ3) is 5.18. The minimum Gasteiger partial charge on any atom is -0.369 e. The molecule has 12 heteroatoms. The van der Waals surface area contributed by atoms with Crippen LogP contribution in [-0.4, -0.2) is 92.1 Å². The topological polar surface area (TPSA) is 133 Å². The average molecular weight is 550 g/mol. The van der Waals surface area contributed by atoms with Crippen molar-refractivity contribution in [2.45, 2.75) is 30.2 Å². The van der Waals surface area contributed by atoms with Gasteiger partial charge in [-0.1, -0.05) is 30.7 Å². The van der Waals surface area contributed by atoms with E-state index in [4.69, 9.17) is 17.3 Å². The molecule has 0 unspecified atom stereocenters. The number of primary amides is 1. The fourth-order valence-electron chi connectivity index (χ4n) is 5.31. The number of carbonyl (C=O) groups excluding carboxylic acids is 3. The molecule has 3 N–H and O–H groups in total. The number of hydrogen-bond donors (Lipinski definition) is 2. The molecule has 0 bridgehead atoms. The summed E-state index contributed by atoms with van der Waals surface area (Å²) >= 11 is 6.06. The molecule has 2 aromatic carbocycles. The predicted molar refractivity (Wildman–Crippen MR) is 140 cm³/mol. The minimum absolute atomic E-state index is 0.0299. The summed E-state index contributed by atoms with van der Waals surface area (Å²) in [6, 6.07) is 9.52. The number of nitrogens with zero attached hydrogens (tertiary/aromatic N) is 3. The summed E-state index contributed by atoms with van der Waals surface area (Å²) in [5.74, 6) is -2.92. The highest BCUT2D eigenvalue weighted by atomic mass is 35.5. The number of likely N-dealkylation sites (N-methyl/N-ethyl adjacent to an activating group) is 1. The van der Waals surface area contributed by atoms with E-state index in [9.17, 15) is 22.8 Å². The van der Waals surface area contributed by atoms with E-state index < -0.39 is 39.8 Å². The van der Waals surface area contributed by atoms with Crippen LogP contribution < -0.4 is 11.1 Å². The lowest BCUT2D eigenvalue weighted by molar-refractivity contribution is -0.145. The summed E-state index contributed by atoms with van der Waals surface area (Å²) in [6.45, 7) is 3.46. The molecule has 4 rings (SSSR count). The first-order valence-corrected chi connectivity index (χ1v) is 14.0. The van der Waals surface area contributed by atoms with Crippen LogP contribution in [-0.2, 0) is 24.4 Å². The number of carbonyl (C=O) groups is 3. The van der Waals surface area contributed by atoms with Crippen molar-refractivity contribution in [3.63, 3.8) is 0 Å². The van der Waals surface area contributed by atoms with Gasteiger partial charge in [-0.25, -0.2) is 8.42 Å². The molecule has 0 saturated carbocycles. The zero-order chi connectivity index (χ0) is 27.0. The molecule has 0 spiro atoms. The maximum absolute atomic E-state index is 14.1. The standard InChI is InChI=1S/C25H32ClN5O5S/c1-17(23(33)30-11-3-10-29(2)12-13-30)25(8-9-28-24(25)34)31(16-22(27)32)37(35,36)21-7-5-18-14-20(26)6-4-19(18)15-21/h4-7,14-15,17H,3,8-13,16H2,1-2H3,(H2,27,32)(H,28,34)/t17-,25+/m1/s1. The Balaban J connectivity index is 1.79. The van der Waals surface area contributed by atoms with E-state index in [-0.39, 0.29) is 23.8 Å². The predicted octanol–water partition coefficient (Wildman–Crippen LogP) is 1.03. The summed E-state index contributed by atoms with van der Waals surface area (Å²) in [6.07, 6.45) is 0.792. The zero-order valence-electron chi connectivity index (χ0n) is 20.9. The molecule has 0 aliphatic carbocycles. The molecule has 0 radical (unpaired) electrons. The highest BCUT2D eigenvalue weighted by molar-refractivity contribution is 7.89. The quantitative estimate of drug-likeness (QED) is 0.530. The molecule has 2 aliphatic rings. The second-order valence-electron chi connectivity index (χ2n) is 9.77. The molecule has 200 valence electrons. The Bertz CT molecular complexity index is 1340. The summed E-state index contributed by atoms with van der Waals surface area (Å²) < 4.78 is 29.0. The van der Waals surface area contributed by atoms with Gasteiger partial charge in [0.25, 0.3) is 0 Å². The minimum atomic E-state index is -4.44. The SMILES string of the molecule is C[C@H](C(=O)N1CCCN(C)CC1)[C@@]1(N(CC(N)=O)S(=O)(=O)c2ccc3cc(Cl)ccc3c2)CCNC1=O. The van der Waals surface area contributed by atoms with Crippen molar-refractivity contribution in [3.8, 4) is 0 Å². The van der Waals surface area contributed by atoms with E-state index in [1.807, 2.05) is 7.05 Å². The number of sulfonamides is 1. The van der Waals surface area contributed by atoms with Gasteiger partial charge < -0.3 is 20.9 Å². The Kier molecular flexibility index (Phi) is 7.80. The maximum Gasteiger partial charge on any atom is 0.244 e. The third-order valence-corrected chi connectivity index (χ3v) is 9.53. The Morgan fingerprint density at radius 1 is 1.14 bits per heavy atom. The molecule has 10 nitrogen and oxygen atoms in total. The zero-order valence-corrected chi connectivity index (χ0v) is 22.5. The smallest absolute Gasteiger partial charge is 0.244 e. The van der Waals surface area contributed by atoms with Crippen LogP contribution in [0.15, 0.2) is 41.3 Å². The Morgan fingerprint density at radius 2 is 1.84 bits per heavy atom. The second-order valence-corrected chi connectivity index (χ2v) is 12.1. The molecule has 37 heavy (non-hydrogen) atoms. The van der Waals surface area contributed by atoms with Gasteiger partial charge in [-0.3, -0.25) is 14.4 Å². The lowest BCUT2D eigenvalue weighted by atomic mass is 9.82. The van der Waals surface area contributed by atoms with E-state index >= 15 is 0 Å². The van der Waals surface area contributed by atoms with E-state index in [1.165, 1.54) is 12.1 Å². The van der Waals surface area contributed by atoms with Crippen LogP contribution in [0.5, 0.6) is 0 Å². The van der Waals surface area contributed by atoms with Gasteiger partial charge in [0, 0.05) is 31.2 Å². The number of benzene rings is 2. The Labute approximate surface area is 221 Å². The van der Waals surface area contributed by atoms with Crippen molar-refractivity contribution < 1.29 is 22.8 Å². The van der Waals surface area contributed by atoms with Crippen LogP contribution >= 0.6 is 11.6 Å². The molecular formula is C25H32ClN5O5S. The third-order valence-electron chi connectivity index (χ3n) is 7.41. The lowest BCUT2D eigenvalue weighted by Gasteiger charge is -2.42. The van der Waals surface area contributed by atoms with Crippen LogP contribution in [0.4, 0.5) is 0 Å². The summed E-state index contributed by atoms with van der Waals surface area (Å²) in [7, 11) is -2.46. The number of halogens is 1. The normalized spacial score (nSPS) is 22.2. The van der Waals surface area contributed by atoms with Crippen molar-refractivity contribution in [1.82, 2.24) is 19.4 Å². The first kappa shape index (κ1) is 27.3. The molecule has 3 amide bonds. The Morgan fingerprint density at radius 3 is 2.51 bits per heavy atom. The van der Waals surface area contributed by atoms with Crippen molar-refractivity contribution >= 4 is 50.1 Å². The van der Waals surface area contributed by atoms with E-state index in [2.05, 4.69) is 10.2 Å². The van der Waals surface area contributed by atoms with Crippen LogP contribution in [0.3, 0.4) is 0 Å². The number of hydrogen-bond acceptors (Lipinski definition) is 6. The van der Waals surface area contributed by atoms with E-state index in [1.54, 1.807) is 36.1 Å². The largest absolute Gasteiger partial charge is 0.369 e. The highest BCUT2D eigenvalue weighted by Crippen LogP contribution is 2.38. The lowest BCUT2D eigenvalue weighted by Crippen LogP contribution is -2.64. The van der Waals surface area contributed by atoms with Crippen LogP contribution in [0.2, 0.25) is 5.02 Å². The molecule has 2 atom stereocenters. The molecule has 2 aliphatic heterocycles. The van der Waals surface area contributed by atoms with Crippen molar-refractivity contribution in [2.75, 3.05) is 46.3 Å².